The number of para-hydroxylation sites is 1. The molecule has 2 aliphatic heterocycles. The van der Waals surface area contributed by atoms with E-state index in [0.717, 1.165) is 22.4 Å². The van der Waals surface area contributed by atoms with Crippen molar-refractivity contribution in [3.05, 3.63) is 106 Å². The second-order valence-electron chi connectivity index (χ2n) is 7.80. The van der Waals surface area contributed by atoms with Crippen molar-refractivity contribution in [2.75, 3.05) is 0 Å². The molecular weight excluding hydrogens is 404 g/mol. The van der Waals surface area contributed by atoms with E-state index in [2.05, 4.69) is 0 Å². The molecular formula is C27H20O5. The molecule has 5 heteroatoms. The van der Waals surface area contributed by atoms with E-state index >= 15 is 0 Å². The molecule has 0 spiro atoms. The summed E-state index contributed by atoms with van der Waals surface area (Å²) in [5.41, 5.74) is 3.72. The molecule has 32 heavy (non-hydrogen) atoms. The van der Waals surface area contributed by atoms with Gasteiger partial charge in [0.1, 0.15) is 23.4 Å². The average Bonchev–Trinajstić information content (AvgIpc) is 3.09. The zero-order valence-corrected chi connectivity index (χ0v) is 17.6. The van der Waals surface area contributed by atoms with Gasteiger partial charge in [0.2, 0.25) is 5.78 Å². The van der Waals surface area contributed by atoms with Crippen molar-refractivity contribution in [3.63, 3.8) is 0 Å². The van der Waals surface area contributed by atoms with Crippen LogP contribution >= 0.6 is 0 Å². The second kappa shape index (κ2) is 7.85. The van der Waals surface area contributed by atoms with Crippen LogP contribution in [0.15, 0.2) is 84.1 Å². The van der Waals surface area contributed by atoms with E-state index in [-0.39, 0.29) is 17.6 Å². The number of Topliss-reactive ketones (excluding diaryl/α,β-unsaturated/α-hetero) is 1. The lowest BCUT2D eigenvalue weighted by Crippen LogP contribution is -2.18. The van der Waals surface area contributed by atoms with E-state index in [4.69, 9.17) is 14.2 Å². The Hall–Kier alpha value is -4.12. The first-order valence-corrected chi connectivity index (χ1v) is 10.3. The van der Waals surface area contributed by atoms with Crippen molar-refractivity contribution in [1.82, 2.24) is 0 Å². The molecule has 0 N–H and O–H groups in total. The third kappa shape index (κ3) is 3.69. The first-order chi connectivity index (χ1) is 15.5. The van der Waals surface area contributed by atoms with Crippen LogP contribution < -0.4 is 14.2 Å². The molecule has 0 bridgehead atoms. The van der Waals surface area contributed by atoms with Crippen LogP contribution in [-0.4, -0.2) is 17.9 Å². The molecule has 2 aliphatic rings. The van der Waals surface area contributed by atoms with Crippen LogP contribution in [0, 0.1) is 6.92 Å². The fraction of sp³-hybridized carbons (Fsp3) is 0.111. The van der Waals surface area contributed by atoms with Gasteiger partial charge in [0.15, 0.2) is 5.76 Å². The molecule has 2 heterocycles. The predicted molar refractivity (Wildman–Crippen MR) is 120 cm³/mol. The normalized spacial score (nSPS) is 17.7. The van der Waals surface area contributed by atoms with Crippen molar-refractivity contribution >= 4 is 17.8 Å². The molecule has 3 aromatic carbocycles. The molecule has 0 fully saturated rings. The monoisotopic (exact) mass is 424 g/mol. The fourth-order valence-electron chi connectivity index (χ4n) is 3.66. The quantitative estimate of drug-likeness (QED) is 0.314. The Morgan fingerprint density at radius 3 is 2.59 bits per heavy atom. The van der Waals surface area contributed by atoms with Gasteiger partial charge in [-0.15, -0.1) is 0 Å². The first kappa shape index (κ1) is 19.8. The van der Waals surface area contributed by atoms with Gasteiger partial charge in [-0.05, 0) is 61.9 Å². The topological polar surface area (TPSA) is 61.8 Å². The molecule has 0 aromatic heterocycles. The summed E-state index contributed by atoms with van der Waals surface area (Å²) in [5, 5.41) is 0. The minimum Gasteiger partial charge on any atom is -0.485 e. The van der Waals surface area contributed by atoms with Gasteiger partial charge < -0.3 is 14.2 Å². The Balaban J connectivity index is 1.38. The van der Waals surface area contributed by atoms with E-state index in [1.807, 2.05) is 56.3 Å². The Morgan fingerprint density at radius 1 is 1.00 bits per heavy atom. The maximum Gasteiger partial charge on any atom is 0.343 e. The molecule has 0 aliphatic carbocycles. The SMILES string of the molecule is Cc1ccc(C(=O)Oc2ccc3c(c2)O/C(=C\C2=Cc4ccccc4O[C@@H]2C)C3=O)cc1. The van der Waals surface area contributed by atoms with Gasteiger partial charge >= 0.3 is 5.97 Å². The van der Waals surface area contributed by atoms with Crippen LogP contribution in [-0.2, 0) is 0 Å². The summed E-state index contributed by atoms with van der Waals surface area (Å²) in [7, 11) is 0. The number of aryl methyl sites for hydroxylation is 1. The van der Waals surface area contributed by atoms with Crippen LogP contribution in [0.4, 0.5) is 0 Å². The minimum absolute atomic E-state index is 0.211. The van der Waals surface area contributed by atoms with Gasteiger partial charge in [-0.3, -0.25) is 4.79 Å². The van der Waals surface area contributed by atoms with Gasteiger partial charge in [-0.25, -0.2) is 4.79 Å². The van der Waals surface area contributed by atoms with Crippen molar-refractivity contribution in [2.24, 2.45) is 0 Å². The van der Waals surface area contributed by atoms with Gasteiger partial charge in [0.05, 0.1) is 11.1 Å². The maximum atomic E-state index is 12.8. The summed E-state index contributed by atoms with van der Waals surface area (Å²) in [6.07, 6.45) is 3.48. The zero-order valence-electron chi connectivity index (χ0n) is 17.6. The molecule has 5 nitrogen and oxygen atoms in total. The molecule has 5 rings (SSSR count). The summed E-state index contributed by atoms with van der Waals surface area (Å²) in [4.78, 5) is 25.2. The molecule has 1 atom stereocenters. The summed E-state index contributed by atoms with van der Waals surface area (Å²) >= 11 is 0. The van der Waals surface area contributed by atoms with Crippen LogP contribution in [0.25, 0.3) is 6.08 Å². The summed E-state index contributed by atoms with van der Waals surface area (Å²) in [6.45, 7) is 3.87. The summed E-state index contributed by atoms with van der Waals surface area (Å²) < 4.78 is 17.2. The average molecular weight is 424 g/mol. The molecule has 0 unspecified atom stereocenters. The largest absolute Gasteiger partial charge is 0.485 e. The Labute approximate surface area is 185 Å². The third-order valence-electron chi connectivity index (χ3n) is 5.45. The number of hydrogen-bond acceptors (Lipinski definition) is 5. The summed E-state index contributed by atoms with van der Waals surface area (Å²) in [6, 6.07) is 19.6. The highest BCUT2D eigenvalue weighted by atomic mass is 16.5. The highest BCUT2D eigenvalue weighted by molar-refractivity contribution is 6.12. The molecule has 3 aromatic rings. The standard InChI is InChI=1S/C27H20O5/c1-16-7-9-18(10-8-16)27(29)31-21-11-12-22-24(15-21)32-25(26(22)28)14-20-13-19-5-3-4-6-23(19)30-17(20)2/h3-15,17H,1-2H3/b25-14-/t17-/m1/s1. The Bertz CT molecular complexity index is 1300. The second-order valence-corrected chi connectivity index (χ2v) is 7.80. The number of ether oxygens (including phenoxy) is 3. The lowest BCUT2D eigenvalue weighted by atomic mass is 10.0. The number of carbonyl (C=O) groups is 2. The minimum atomic E-state index is -0.470. The molecule has 0 saturated heterocycles. The lowest BCUT2D eigenvalue weighted by Gasteiger charge is -2.22. The van der Waals surface area contributed by atoms with Crippen LogP contribution in [0.5, 0.6) is 17.2 Å². The van der Waals surface area contributed by atoms with Gasteiger partial charge in [-0.2, -0.15) is 0 Å². The van der Waals surface area contributed by atoms with Crippen LogP contribution in [0.1, 0.15) is 38.8 Å². The first-order valence-electron chi connectivity index (χ1n) is 10.3. The van der Waals surface area contributed by atoms with Gasteiger partial charge in [-0.1, -0.05) is 35.9 Å². The van der Waals surface area contributed by atoms with Crippen LogP contribution in [0.3, 0.4) is 0 Å². The van der Waals surface area contributed by atoms with E-state index in [1.165, 1.54) is 0 Å². The maximum absolute atomic E-state index is 12.8. The number of benzene rings is 3. The number of esters is 1. The van der Waals surface area contributed by atoms with E-state index in [0.29, 0.717) is 22.6 Å². The predicted octanol–water partition coefficient (Wildman–Crippen LogP) is 5.54. The fourth-order valence-corrected chi connectivity index (χ4v) is 3.66. The van der Waals surface area contributed by atoms with E-state index in [9.17, 15) is 9.59 Å². The molecule has 0 amide bonds. The van der Waals surface area contributed by atoms with E-state index in [1.54, 1.807) is 36.4 Å². The van der Waals surface area contributed by atoms with Crippen LogP contribution in [0.2, 0.25) is 0 Å². The highest BCUT2D eigenvalue weighted by Crippen LogP contribution is 2.36. The van der Waals surface area contributed by atoms with E-state index < -0.39 is 5.97 Å². The van der Waals surface area contributed by atoms with Crippen molar-refractivity contribution in [3.8, 4) is 17.2 Å². The van der Waals surface area contributed by atoms with Crippen molar-refractivity contribution in [2.45, 2.75) is 20.0 Å². The van der Waals surface area contributed by atoms with Gasteiger partial charge in [0, 0.05) is 11.6 Å². The van der Waals surface area contributed by atoms with Gasteiger partial charge in [0.25, 0.3) is 0 Å². The Kier molecular flexibility index (Phi) is 4.86. The smallest absolute Gasteiger partial charge is 0.343 e. The number of rotatable bonds is 3. The molecule has 0 saturated carbocycles. The highest BCUT2D eigenvalue weighted by Gasteiger charge is 2.29. The number of allylic oxidation sites excluding steroid dienone is 1. The molecule has 158 valence electrons. The number of fused-ring (bicyclic) bond motifs is 2. The lowest BCUT2D eigenvalue weighted by molar-refractivity contribution is 0.0734. The number of hydrogen-bond donors (Lipinski definition) is 0. The number of ketones is 1. The molecule has 0 radical (unpaired) electrons. The van der Waals surface area contributed by atoms with Crippen molar-refractivity contribution in [1.29, 1.82) is 0 Å². The number of carbonyl (C=O) groups excluding carboxylic acids is 2. The third-order valence-corrected chi connectivity index (χ3v) is 5.45. The summed E-state index contributed by atoms with van der Waals surface area (Å²) in [5.74, 6) is 1.00. The Morgan fingerprint density at radius 2 is 1.78 bits per heavy atom. The zero-order chi connectivity index (χ0) is 22.2. The van der Waals surface area contributed by atoms with Crippen molar-refractivity contribution < 1.29 is 23.8 Å².